The summed E-state index contributed by atoms with van der Waals surface area (Å²) in [7, 11) is -1.52. The number of thiophene rings is 1. The molecule has 3 aromatic rings. The summed E-state index contributed by atoms with van der Waals surface area (Å²) in [6.07, 6.45) is 1.22. The van der Waals surface area contributed by atoms with Crippen molar-refractivity contribution in [1.82, 2.24) is 0 Å². The van der Waals surface area contributed by atoms with E-state index in [1.54, 1.807) is 30.6 Å². The lowest BCUT2D eigenvalue weighted by Crippen LogP contribution is -1.96. The SMILES string of the molecule is COc1ccccc1-c1cscc1-c1ccc(S(C)(=O)=O)cc1. The summed E-state index contributed by atoms with van der Waals surface area (Å²) in [5.74, 6) is 0.819. The zero-order chi connectivity index (χ0) is 16.4. The highest BCUT2D eigenvalue weighted by molar-refractivity contribution is 7.90. The lowest BCUT2D eigenvalue weighted by Gasteiger charge is -2.10. The van der Waals surface area contributed by atoms with Gasteiger partial charge in [-0.2, -0.15) is 11.3 Å². The number of rotatable bonds is 4. The van der Waals surface area contributed by atoms with E-state index in [9.17, 15) is 8.42 Å². The number of methoxy groups -OCH3 is 1. The summed E-state index contributed by atoms with van der Waals surface area (Å²) >= 11 is 1.61. The zero-order valence-electron chi connectivity index (χ0n) is 12.8. The summed E-state index contributed by atoms with van der Waals surface area (Å²) in [4.78, 5) is 0.329. The molecule has 3 rings (SSSR count). The molecule has 118 valence electrons. The van der Waals surface area contributed by atoms with Gasteiger partial charge in [-0.15, -0.1) is 0 Å². The van der Waals surface area contributed by atoms with Gasteiger partial charge in [-0.1, -0.05) is 30.3 Å². The molecule has 0 radical (unpaired) electrons. The van der Waals surface area contributed by atoms with E-state index in [1.165, 1.54) is 6.26 Å². The quantitative estimate of drug-likeness (QED) is 0.700. The van der Waals surface area contributed by atoms with E-state index in [0.717, 1.165) is 28.0 Å². The van der Waals surface area contributed by atoms with Crippen LogP contribution in [0.3, 0.4) is 0 Å². The fourth-order valence-electron chi connectivity index (χ4n) is 2.48. The highest BCUT2D eigenvalue weighted by Gasteiger charge is 2.13. The Morgan fingerprint density at radius 1 is 0.870 bits per heavy atom. The minimum absolute atomic E-state index is 0.329. The zero-order valence-corrected chi connectivity index (χ0v) is 14.4. The molecule has 0 aliphatic carbocycles. The Bertz CT molecular complexity index is 923. The molecule has 0 aliphatic rings. The van der Waals surface area contributed by atoms with E-state index < -0.39 is 9.84 Å². The van der Waals surface area contributed by atoms with Gasteiger partial charge in [0.25, 0.3) is 0 Å². The van der Waals surface area contributed by atoms with Crippen LogP contribution in [0, 0.1) is 0 Å². The predicted molar refractivity (Wildman–Crippen MR) is 94.9 cm³/mol. The van der Waals surface area contributed by atoms with Gasteiger partial charge in [-0.3, -0.25) is 0 Å². The average Bonchev–Trinajstić information content (AvgIpc) is 3.03. The van der Waals surface area contributed by atoms with Crippen molar-refractivity contribution in [2.24, 2.45) is 0 Å². The van der Waals surface area contributed by atoms with Gasteiger partial charge >= 0.3 is 0 Å². The molecule has 0 bridgehead atoms. The normalized spacial score (nSPS) is 11.4. The van der Waals surface area contributed by atoms with E-state index in [2.05, 4.69) is 10.8 Å². The fraction of sp³-hybridized carbons (Fsp3) is 0.111. The van der Waals surface area contributed by atoms with Gasteiger partial charge in [0.1, 0.15) is 5.75 Å². The predicted octanol–water partition coefficient (Wildman–Crippen LogP) is 4.49. The van der Waals surface area contributed by atoms with Crippen molar-refractivity contribution in [3.63, 3.8) is 0 Å². The standard InChI is InChI=1S/C18H16O3S2/c1-21-18-6-4-3-5-15(18)17-12-22-11-16(17)13-7-9-14(10-8-13)23(2,19)20/h3-12H,1-2H3. The van der Waals surface area contributed by atoms with Crippen LogP contribution in [0.2, 0.25) is 0 Å². The molecular formula is C18H16O3S2. The van der Waals surface area contributed by atoms with Crippen LogP contribution in [0.5, 0.6) is 5.75 Å². The number of ether oxygens (including phenoxy) is 1. The van der Waals surface area contributed by atoms with Crippen LogP contribution in [0.4, 0.5) is 0 Å². The number of hydrogen-bond acceptors (Lipinski definition) is 4. The Kier molecular flexibility index (Phi) is 4.24. The van der Waals surface area contributed by atoms with Crippen molar-refractivity contribution in [3.8, 4) is 28.0 Å². The van der Waals surface area contributed by atoms with Crippen molar-refractivity contribution < 1.29 is 13.2 Å². The molecule has 0 atom stereocenters. The molecule has 0 amide bonds. The van der Waals surface area contributed by atoms with Gasteiger partial charge in [0.05, 0.1) is 12.0 Å². The molecule has 0 N–H and O–H groups in total. The molecular weight excluding hydrogens is 328 g/mol. The van der Waals surface area contributed by atoms with E-state index in [-0.39, 0.29) is 0 Å². The largest absolute Gasteiger partial charge is 0.496 e. The maximum absolute atomic E-state index is 11.6. The monoisotopic (exact) mass is 344 g/mol. The fourth-order valence-corrected chi connectivity index (χ4v) is 3.97. The molecule has 3 nitrogen and oxygen atoms in total. The Balaban J connectivity index is 2.08. The minimum Gasteiger partial charge on any atom is -0.496 e. The molecule has 1 heterocycles. The van der Waals surface area contributed by atoms with Gasteiger partial charge < -0.3 is 4.74 Å². The second kappa shape index (κ2) is 6.18. The number of hydrogen-bond donors (Lipinski definition) is 0. The van der Waals surface area contributed by atoms with E-state index in [0.29, 0.717) is 4.90 Å². The summed E-state index contributed by atoms with van der Waals surface area (Å²) in [5, 5.41) is 4.15. The Hall–Kier alpha value is -2.11. The van der Waals surface area contributed by atoms with Gasteiger partial charge in [0.2, 0.25) is 0 Å². The number of benzene rings is 2. The second-order valence-electron chi connectivity index (χ2n) is 5.20. The average molecular weight is 344 g/mol. The molecule has 0 aliphatic heterocycles. The van der Waals surface area contributed by atoms with Gasteiger partial charge in [0, 0.05) is 22.9 Å². The van der Waals surface area contributed by atoms with Gasteiger partial charge in [-0.25, -0.2) is 8.42 Å². The van der Waals surface area contributed by atoms with Crippen LogP contribution in [0.25, 0.3) is 22.3 Å². The molecule has 0 spiro atoms. The van der Waals surface area contributed by atoms with Crippen LogP contribution in [0.1, 0.15) is 0 Å². The topological polar surface area (TPSA) is 43.4 Å². The summed E-state index contributed by atoms with van der Waals surface area (Å²) < 4.78 is 28.6. The highest BCUT2D eigenvalue weighted by atomic mass is 32.2. The first-order valence-electron chi connectivity index (χ1n) is 7.01. The first kappa shape index (κ1) is 15.8. The van der Waals surface area contributed by atoms with Crippen LogP contribution < -0.4 is 4.74 Å². The van der Waals surface area contributed by atoms with Crippen LogP contribution >= 0.6 is 11.3 Å². The maximum Gasteiger partial charge on any atom is 0.175 e. The molecule has 23 heavy (non-hydrogen) atoms. The Morgan fingerprint density at radius 2 is 1.52 bits per heavy atom. The van der Waals surface area contributed by atoms with E-state index in [1.807, 2.05) is 36.4 Å². The third kappa shape index (κ3) is 3.16. The van der Waals surface area contributed by atoms with E-state index in [4.69, 9.17) is 4.74 Å². The lowest BCUT2D eigenvalue weighted by molar-refractivity contribution is 0.416. The molecule has 0 fully saturated rings. The van der Waals surface area contributed by atoms with E-state index >= 15 is 0 Å². The lowest BCUT2D eigenvalue weighted by atomic mass is 9.98. The summed E-state index contributed by atoms with van der Waals surface area (Å²) in [6, 6.07) is 14.9. The maximum atomic E-state index is 11.6. The smallest absolute Gasteiger partial charge is 0.175 e. The molecule has 1 aromatic heterocycles. The van der Waals surface area contributed by atoms with Crippen molar-refractivity contribution in [2.45, 2.75) is 4.90 Å². The molecule has 5 heteroatoms. The summed E-state index contributed by atoms with van der Waals surface area (Å²) in [5.41, 5.74) is 4.16. The second-order valence-corrected chi connectivity index (χ2v) is 7.96. The Morgan fingerprint density at radius 3 is 2.17 bits per heavy atom. The number of sulfone groups is 1. The minimum atomic E-state index is -3.18. The third-order valence-corrected chi connectivity index (χ3v) is 5.52. The first-order valence-corrected chi connectivity index (χ1v) is 9.84. The molecule has 0 saturated carbocycles. The first-order chi connectivity index (χ1) is 11.0. The van der Waals surface area contributed by atoms with Crippen molar-refractivity contribution >= 4 is 21.2 Å². The van der Waals surface area contributed by atoms with Crippen LogP contribution in [0.15, 0.2) is 64.2 Å². The molecule has 0 unspecified atom stereocenters. The molecule has 0 saturated heterocycles. The van der Waals surface area contributed by atoms with Crippen LogP contribution in [-0.2, 0) is 9.84 Å². The third-order valence-electron chi connectivity index (χ3n) is 3.65. The Labute approximate surface area is 140 Å². The van der Waals surface area contributed by atoms with Gasteiger partial charge in [0.15, 0.2) is 9.84 Å². The number of para-hydroxylation sites is 1. The highest BCUT2D eigenvalue weighted by Crippen LogP contribution is 2.39. The van der Waals surface area contributed by atoms with Crippen molar-refractivity contribution in [2.75, 3.05) is 13.4 Å². The summed E-state index contributed by atoms with van der Waals surface area (Å²) in [6.45, 7) is 0. The van der Waals surface area contributed by atoms with Crippen molar-refractivity contribution in [3.05, 3.63) is 59.3 Å². The molecule has 2 aromatic carbocycles. The van der Waals surface area contributed by atoms with Gasteiger partial charge in [-0.05, 0) is 34.5 Å². The van der Waals surface area contributed by atoms with Crippen LogP contribution in [-0.4, -0.2) is 21.8 Å². The van der Waals surface area contributed by atoms with Crippen molar-refractivity contribution in [1.29, 1.82) is 0 Å².